The number of nitrogens with one attached hydrogen (secondary N) is 1. The summed E-state index contributed by atoms with van der Waals surface area (Å²) in [6.45, 7) is 1.80. The highest BCUT2D eigenvalue weighted by molar-refractivity contribution is 9.10. The SMILES string of the molecule is CNc1ncnc(N2Cc3ccccc3C2)c1Br. The highest BCUT2D eigenvalue weighted by atomic mass is 79.9. The zero-order valence-electron chi connectivity index (χ0n) is 10.0. The molecule has 92 valence electrons. The van der Waals surface area contributed by atoms with E-state index in [2.05, 4.69) is 60.4 Å². The lowest BCUT2D eigenvalue weighted by Crippen LogP contribution is -2.17. The molecule has 0 spiro atoms. The van der Waals surface area contributed by atoms with Crippen LogP contribution in [0.5, 0.6) is 0 Å². The Morgan fingerprint density at radius 3 is 2.44 bits per heavy atom. The molecule has 2 aromatic rings. The van der Waals surface area contributed by atoms with Crippen LogP contribution in [0.15, 0.2) is 35.1 Å². The molecular weight excluding hydrogens is 292 g/mol. The molecule has 0 radical (unpaired) electrons. The van der Waals surface area contributed by atoms with Gasteiger partial charge in [-0.25, -0.2) is 9.97 Å². The number of anilines is 2. The number of fused-ring (bicyclic) bond motifs is 1. The maximum atomic E-state index is 4.38. The quantitative estimate of drug-likeness (QED) is 0.926. The third-order valence-corrected chi connectivity index (χ3v) is 3.88. The van der Waals surface area contributed by atoms with Crippen molar-refractivity contribution in [2.24, 2.45) is 0 Å². The zero-order chi connectivity index (χ0) is 12.5. The van der Waals surface area contributed by atoms with Gasteiger partial charge in [-0.3, -0.25) is 0 Å². The van der Waals surface area contributed by atoms with Crippen molar-refractivity contribution >= 4 is 27.6 Å². The number of rotatable bonds is 2. The van der Waals surface area contributed by atoms with Gasteiger partial charge >= 0.3 is 0 Å². The molecule has 1 aromatic carbocycles. The van der Waals surface area contributed by atoms with E-state index in [0.717, 1.165) is 29.2 Å². The van der Waals surface area contributed by atoms with Crippen LogP contribution in [0.2, 0.25) is 0 Å². The van der Waals surface area contributed by atoms with Crippen LogP contribution < -0.4 is 10.2 Å². The predicted octanol–water partition coefficient (Wildman–Crippen LogP) is 2.80. The van der Waals surface area contributed by atoms with Crippen LogP contribution in [0.4, 0.5) is 11.6 Å². The van der Waals surface area contributed by atoms with Crippen LogP contribution in [-0.4, -0.2) is 17.0 Å². The van der Waals surface area contributed by atoms with Crippen molar-refractivity contribution in [2.45, 2.75) is 13.1 Å². The molecule has 18 heavy (non-hydrogen) atoms. The minimum atomic E-state index is 0.816. The minimum Gasteiger partial charge on any atom is -0.372 e. The predicted molar refractivity (Wildman–Crippen MR) is 75.6 cm³/mol. The first-order valence-corrected chi connectivity index (χ1v) is 6.59. The average Bonchev–Trinajstić information content (AvgIpc) is 2.82. The summed E-state index contributed by atoms with van der Waals surface area (Å²) in [6, 6.07) is 8.50. The Hall–Kier alpha value is -1.62. The van der Waals surface area contributed by atoms with E-state index in [1.165, 1.54) is 11.1 Å². The topological polar surface area (TPSA) is 41.1 Å². The first-order chi connectivity index (χ1) is 8.79. The molecule has 5 heteroatoms. The van der Waals surface area contributed by atoms with Crippen LogP contribution in [0.25, 0.3) is 0 Å². The van der Waals surface area contributed by atoms with Gasteiger partial charge < -0.3 is 10.2 Å². The van der Waals surface area contributed by atoms with Gasteiger partial charge in [0, 0.05) is 20.1 Å². The maximum Gasteiger partial charge on any atom is 0.149 e. The van der Waals surface area contributed by atoms with Gasteiger partial charge in [0.15, 0.2) is 0 Å². The highest BCUT2D eigenvalue weighted by Gasteiger charge is 2.22. The van der Waals surface area contributed by atoms with Crippen molar-refractivity contribution in [3.63, 3.8) is 0 Å². The van der Waals surface area contributed by atoms with Gasteiger partial charge in [0.05, 0.1) is 0 Å². The third-order valence-electron chi connectivity index (χ3n) is 3.15. The van der Waals surface area contributed by atoms with Crippen molar-refractivity contribution in [3.8, 4) is 0 Å². The van der Waals surface area contributed by atoms with Crippen LogP contribution in [0, 0.1) is 0 Å². The molecule has 0 saturated carbocycles. The van der Waals surface area contributed by atoms with Gasteiger partial charge in [0.2, 0.25) is 0 Å². The number of benzene rings is 1. The summed E-state index contributed by atoms with van der Waals surface area (Å²) in [4.78, 5) is 10.8. The molecule has 4 nitrogen and oxygen atoms in total. The molecule has 0 unspecified atom stereocenters. The standard InChI is InChI=1S/C13H13BrN4/c1-15-12-11(14)13(17-8-16-12)18-6-9-4-2-3-5-10(9)7-18/h2-5,8H,6-7H2,1H3,(H,15,16,17). The summed E-state index contributed by atoms with van der Waals surface area (Å²) in [5.74, 6) is 1.75. The molecule has 0 fully saturated rings. The normalized spacial score (nSPS) is 13.6. The number of hydrogen-bond acceptors (Lipinski definition) is 4. The van der Waals surface area contributed by atoms with E-state index in [9.17, 15) is 0 Å². The monoisotopic (exact) mass is 304 g/mol. The summed E-state index contributed by atoms with van der Waals surface area (Å²) in [5.41, 5.74) is 2.74. The Morgan fingerprint density at radius 1 is 1.17 bits per heavy atom. The van der Waals surface area contributed by atoms with E-state index in [-0.39, 0.29) is 0 Å². The number of aromatic nitrogens is 2. The molecule has 0 atom stereocenters. The van der Waals surface area contributed by atoms with E-state index < -0.39 is 0 Å². The third kappa shape index (κ3) is 1.84. The molecule has 3 rings (SSSR count). The number of hydrogen-bond donors (Lipinski definition) is 1. The fraction of sp³-hybridized carbons (Fsp3) is 0.231. The van der Waals surface area contributed by atoms with Crippen LogP contribution in [-0.2, 0) is 13.1 Å². The fourth-order valence-electron chi connectivity index (χ4n) is 2.24. The van der Waals surface area contributed by atoms with Gasteiger partial charge in [-0.1, -0.05) is 24.3 Å². The largest absolute Gasteiger partial charge is 0.372 e. The molecule has 0 bridgehead atoms. The van der Waals surface area contributed by atoms with E-state index in [1.807, 2.05) is 7.05 Å². The summed E-state index contributed by atoms with van der Waals surface area (Å²) < 4.78 is 0.917. The van der Waals surface area contributed by atoms with Gasteiger partial charge in [-0.05, 0) is 27.1 Å². The molecule has 1 N–H and O–H groups in total. The van der Waals surface area contributed by atoms with Gasteiger partial charge in [-0.2, -0.15) is 0 Å². The lowest BCUT2D eigenvalue weighted by molar-refractivity contribution is 0.847. The minimum absolute atomic E-state index is 0.816. The summed E-state index contributed by atoms with van der Waals surface area (Å²) >= 11 is 3.57. The number of halogens is 1. The second-order valence-corrected chi connectivity index (χ2v) is 5.03. The van der Waals surface area contributed by atoms with Crippen molar-refractivity contribution < 1.29 is 0 Å². The summed E-state index contributed by atoms with van der Waals surface area (Å²) in [6.07, 6.45) is 1.59. The van der Waals surface area contributed by atoms with E-state index in [1.54, 1.807) is 6.33 Å². The second-order valence-electron chi connectivity index (χ2n) is 4.23. The Bertz CT molecular complexity index is 560. The zero-order valence-corrected chi connectivity index (χ0v) is 11.6. The first kappa shape index (κ1) is 11.5. The summed E-state index contributed by atoms with van der Waals surface area (Å²) in [5, 5.41) is 3.06. The lowest BCUT2D eigenvalue weighted by Gasteiger charge is -2.18. The smallest absolute Gasteiger partial charge is 0.149 e. The van der Waals surface area contributed by atoms with Gasteiger partial charge in [0.1, 0.15) is 22.4 Å². The van der Waals surface area contributed by atoms with Gasteiger partial charge in [-0.15, -0.1) is 0 Å². The molecule has 0 aliphatic carbocycles. The molecular formula is C13H13BrN4. The van der Waals surface area contributed by atoms with E-state index >= 15 is 0 Å². The maximum absolute atomic E-state index is 4.38. The Kier molecular flexibility index (Phi) is 2.91. The molecule has 0 amide bonds. The lowest BCUT2D eigenvalue weighted by atomic mass is 10.1. The van der Waals surface area contributed by atoms with Crippen molar-refractivity contribution in [3.05, 3.63) is 46.2 Å². The van der Waals surface area contributed by atoms with Gasteiger partial charge in [0.25, 0.3) is 0 Å². The van der Waals surface area contributed by atoms with Crippen LogP contribution in [0.3, 0.4) is 0 Å². The van der Waals surface area contributed by atoms with E-state index in [4.69, 9.17) is 0 Å². The van der Waals surface area contributed by atoms with Crippen molar-refractivity contribution in [1.29, 1.82) is 0 Å². The van der Waals surface area contributed by atoms with E-state index in [0.29, 0.717) is 0 Å². The highest BCUT2D eigenvalue weighted by Crippen LogP contribution is 2.34. The summed E-state index contributed by atoms with van der Waals surface area (Å²) in [7, 11) is 1.86. The molecule has 1 aromatic heterocycles. The molecule has 2 heterocycles. The Morgan fingerprint density at radius 2 is 1.83 bits per heavy atom. The van der Waals surface area contributed by atoms with Crippen LogP contribution in [0.1, 0.15) is 11.1 Å². The second kappa shape index (κ2) is 4.57. The van der Waals surface area contributed by atoms with Crippen molar-refractivity contribution in [2.75, 3.05) is 17.3 Å². The fourth-order valence-corrected chi connectivity index (χ4v) is 2.89. The molecule has 1 aliphatic heterocycles. The Balaban J connectivity index is 1.95. The molecule has 0 saturated heterocycles. The van der Waals surface area contributed by atoms with Crippen molar-refractivity contribution in [1.82, 2.24) is 9.97 Å². The first-order valence-electron chi connectivity index (χ1n) is 5.79. The Labute approximate surface area is 114 Å². The average molecular weight is 305 g/mol. The molecule has 1 aliphatic rings. The number of nitrogens with zero attached hydrogens (tertiary/aromatic N) is 3. The van der Waals surface area contributed by atoms with Crippen LogP contribution >= 0.6 is 15.9 Å².